The second kappa shape index (κ2) is 13.0. The first-order valence-corrected chi connectivity index (χ1v) is 21.7. The molecule has 4 aliphatic rings. The van der Waals surface area contributed by atoms with E-state index in [1.54, 1.807) is 0 Å². The van der Waals surface area contributed by atoms with Crippen LogP contribution in [-0.4, -0.2) is 13.4 Å². The molecule has 4 aliphatic heterocycles. The number of benzene rings is 9. The smallest absolute Gasteiger partial charge is 0.252 e. The van der Waals surface area contributed by atoms with Gasteiger partial charge in [-0.1, -0.05) is 187 Å². The zero-order valence-electron chi connectivity index (χ0n) is 33.0. The van der Waals surface area contributed by atoms with Crippen molar-refractivity contribution in [1.29, 1.82) is 0 Å². The molecule has 0 radical (unpaired) electrons. The van der Waals surface area contributed by atoms with Gasteiger partial charge in [-0.05, 0) is 98.0 Å². The molecule has 4 heterocycles. The third-order valence-corrected chi connectivity index (χ3v) is 14.4. The quantitative estimate of drug-likeness (QED) is 0.164. The van der Waals surface area contributed by atoms with Crippen LogP contribution in [0.3, 0.4) is 0 Å². The molecule has 2 nitrogen and oxygen atoms in total. The van der Waals surface area contributed by atoms with Crippen LogP contribution in [0.5, 0.6) is 0 Å². The summed E-state index contributed by atoms with van der Waals surface area (Å²) in [5.74, 6) is 0. The van der Waals surface area contributed by atoms with Crippen molar-refractivity contribution in [3.8, 4) is 33.4 Å². The van der Waals surface area contributed by atoms with E-state index in [4.69, 9.17) is 0 Å². The van der Waals surface area contributed by atoms with Gasteiger partial charge in [-0.2, -0.15) is 0 Å². The molecule has 0 saturated carbocycles. The number of hydrogen-bond donors (Lipinski definition) is 0. The largest absolute Gasteiger partial charge is 0.312 e. The van der Waals surface area contributed by atoms with E-state index in [9.17, 15) is 0 Å². The van der Waals surface area contributed by atoms with Crippen LogP contribution in [0, 0.1) is 6.92 Å². The third kappa shape index (κ3) is 4.75. The normalized spacial score (nSPS) is 13.6. The molecule has 0 atom stereocenters. The van der Waals surface area contributed by atoms with E-state index in [1.165, 1.54) is 116 Å². The summed E-state index contributed by atoms with van der Waals surface area (Å²) in [5.41, 5.74) is 24.5. The standard InChI is InChI=1S/C55H36B2N2S/c1-35-17-11-14-26-45(35)58-46-27-15-12-24-41(46)56-43-33-39(36-18-5-2-6-19-36)29-31-47(43)59-48-32-30-40(37-20-7-3-8-21-37)34-44(48)57-42-25-13-16-28-49(42)60-55-50(38-22-9-4-10-23-38)53(58)51(56)54(59)52(55)57/h2-34H,1H3. The van der Waals surface area contributed by atoms with Crippen molar-refractivity contribution in [3.05, 3.63) is 206 Å². The highest BCUT2D eigenvalue weighted by Crippen LogP contribution is 2.53. The lowest BCUT2D eigenvalue weighted by molar-refractivity contribution is 1.22. The van der Waals surface area contributed by atoms with E-state index in [2.05, 4.69) is 217 Å². The Morgan fingerprint density at radius 1 is 0.367 bits per heavy atom. The number of fused-ring (bicyclic) bond motifs is 10. The molecule has 0 aliphatic carbocycles. The fourth-order valence-electron chi connectivity index (χ4n) is 10.7. The Bertz CT molecular complexity index is 3210. The van der Waals surface area contributed by atoms with Gasteiger partial charge in [0.15, 0.2) is 0 Å². The van der Waals surface area contributed by atoms with Gasteiger partial charge in [-0.15, -0.1) is 0 Å². The van der Waals surface area contributed by atoms with Crippen molar-refractivity contribution in [3.63, 3.8) is 0 Å². The summed E-state index contributed by atoms with van der Waals surface area (Å²) < 4.78 is 0. The van der Waals surface area contributed by atoms with Crippen LogP contribution in [-0.2, 0) is 0 Å². The number of rotatable bonds is 4. The molecular formula is C55H36B2N2S. The Balaban J connectivity index is 1.23. The predicted molar refractivity (Wildman–Crippen MR) is 257 cm³/mol. The van der Waals surface area contributed by atoms with Gasteiger partial charge in [0.25, 0.3) is 6.71 Å². The minimum atomic E-state index is 0.00195. The second-order valence-corrected chi connectivity index (χ2v) is 17.4. The number of anilines is 6. The summed E-state index contributed by atoms with van der Waals surface area (Å²) in [4.78, 5) is 7.94. The first-order valence-electron chi connectivity index (χ1n) is 20.9. The Morgan fingerprint density at radius 2 is 0.850 bits per heavy atom. The Morgan fingerprint density at radius 3 is 1.48 bits per heavy atom. The Kier molecular flexibility index (Phi) is 7.38. The SMILES string of the molecule is Cc1ccccc1N1c2ccccc2B2c3cc(-c4ccccc4)ccc3N3c4ccc(-c5ccccc5)cc4B4c5ccccc5Sc5c4c3c2c1c5-c1ccccc1. The highest BCUT2D eigenvalue weighted by Gasteiger charge is 2.52. The fraction of sp³-hybridized carbons (Fsp3) is 0.0182. The molecule has 0 N–H and O–H groups in total. The average molecular weight is 779 g/mol. The fourth-order valence-corrected chi connectivity index (χ4v) is 12.0. The minimum absolute atomic E-state index is 0.00195. The summed E-state index contributed by atoms with van der Waals surface area (Å²) in [6.45, 7) is 2.31. The predicted octanol–water partition coefficient (Wildman–Crippen LogP) is 10.4. The van der Waals surface area contributed by atoms with Gasteiger partial charge < -0.3 is 9.80 Å². The molecular weight excluding hydrogens is 742 g/mol. The molecule has 5 heteroatoms. The second-order valence-electron chi connectivity index (χ2n) is 16.4. The molecule has 0 unspecified atom stereocenters. The van der Waals surface area contributed by atoms with Gasteiger partial charge in [0, 0.05) is 43.8 Å². The van der Waals surface area contributed by atoms with Crippen molar-refractivity contribution in [2.45, 2.75) is 16.7 Å². The van der Waals surface area contributed by atoms with Gasteiger partial charge in [-0.25, -0.2) is 0 Å². The van der Waals surface area contributed by atoms with Crippen LogP contribution in [0.15, 0.2) is 210 Å². The van der Waals surface area contributed by atoms with E-state index in [1.807, 2.05) is 11.8 Å². The van der Waals surface area contributed by atoms with Crippen molar-refractivity contribution in [2.24, 2.45) is 0 Å². The van der Waals surface area contributed by atoms with Gasteiger partial charge in [-0.3, -0.25) is 0 Å². The first-order chi connectivity index (χ1) is 29.7. The molecule has 13 rings (SSSR count). The Labute approximate surface area is 356 Å². The molecule has 60 heavy (non-hydrogen) atoms. The van der Waals surface area contributed by atoms with Gasteiger partial charge in [0.05, 0.1) is 5.69 Å². The molecule has 0 fully saturated rings. The maximum Gasteiger partial charge on any atom is 0.252 e. The van der Waals surface area contributed by atoms with Crippen LogP contribution < -0.4 is 42.6 Å². The van der Waals surface area contributed by atoms with Crippen LogP contribution in [0.1, 0.15) is 5.56 Å². The van der Waals surface area contributed by atoms with E-state index >= 15 is 0 Å². The molecule has 0 spiro atoms. The van der Waals surface area contributed by atoms with Crippen molar-refractivity contribution in [2.75, 3.05) is 9.80 Å². The molecule has 0 amide bonds. The maximum atomic E-state index is 2.66. The van der Waals surface area contributed by atoms with Crippen LogP contribution in [0.25, 0.3) is 33.4 Å². The highest BCUT2D eigenvalue weighted by atomic mass is 32.2. The minimum Gasteiger partial charge on any atom is -0.312 e. The van der Waals surface area contributed by atoms with Gasteiger partial charge in [0.1, 0.15) is 0 Å². The lowest BCUT2D eigenvalue weighted by Gasteiger charge is -2.50. The molecule has 278 valence electrons. The topological polar surface area (TPSA) is 6.48 Å². The number of hydrogen-bond acceptors (Lipinski definition) is 3. The molecule has 0 saturated heterocycles. The molecule has 0 aromatic heterocycles. The van der Waals surface area contributed by atoms with E-state index in [0.717, 1.165) is 0 Å². The van der Waals surface area contributed by atoms with E-state index < -0.39 is 0 Å². The highest BCUT2D eigenvalue weighted by molar-refractivity contribution is 8.00. The summed E-state index contributed by atoms with van der Waals surface area (Å²) in [7, 11) is 0. The summed E-state index contributed by atoms with van der Waals surface area (Å²) >= 11 is 1.96. The monoisotopic (exact) mass is 778 g/mol. The van der Waals surface area contributed by atoms with Crippen LogP contribution in [0.4, 0.5) is 34.1 Å². The summed E-state index contributed by atoms with van der Waals surface area (Å²) in [6, 6.07) is 74.8. The third-order valence-electron chi connectivity index (χ3n) is 13.2. The van der Waals surface area contributed by atoms with Crippen molar-refractivity contribution in [1.82, 2.24) is 0 Å². The van der Waals surface area contributed by atoms with Gasteiger partial charge >= 0.3 is 0 Å². The number of nitrogens with zero attached hydrogens (tertiary/aromatic N) is 2. The first kappa shape index (κ1) is 34.0. The average Bonchev–Trinajstić information content (AvgIpc) is 3.32. The zero-order valence-corrected chi connectivity index (χ0v) is 33.8. The lowest BCUT2D eigenvalue weighted by atomic mass is 9.29. The summed E-state index contributed by atoms with van der Waals surface area (Å²) in [5, 5.41) is 0. The van der Waals surface area contributed by atoms with Crippen LogP contribution in [0.2, 0.25) is 0 Å². The zero-order chi connectivity index (χ0) is 39.5. The van der Waals surface area contributed by atoms with Crippen LogP contribution >= 0.6 is 11.8 Å². The van der Waals surface area contributed by atoms with Gasteiger partial charge in [0.2, 0.25) is 6.71 Å². The molecule has 0 bridgehead atoms. The molecule has 9 aromatic carbocycles. The lowest BCUT2D eigenvalue weighted by Crippen LogP contribution is -2.68. The number of aryl methyl sites for hydroxylation is 1. The van der Waals surface area contributed by atoms with E-state index in [-0.39, 0.29) is 13.4 Å². The van der Waals surface area contributed by atoms with Crippen molar-refractivity contribution >= 4 is 92.1 Å². The van der Waals surface area contributed by atoms with Crippen molar-refractivity contribution < 1.29 is 0 Å². The Hall–Kier alpha value is -6.94. The molecule has 9 aromatic rings. The maximum absolute atomic E-state index is 2.66. The number of para-hydroxylation sites is 2. The summed E-state index contributed by atoms with van der Waals surface area (Å²) in [6.07, 6.45) is 0. The van der Waals surface area contributed by atoms with E-state index in [0.29, 0.717) is 0 Å².